The summed E-state index contributed by atoms with van der Waals surface area (Å²) in [5, 5.41) is 37.2. The van der Waals surface area contributed by atoms with Crippen LogP contribution in [-0.4, -0.2) is 56.4 Å². The van der Waals surface area contributed by atoms with Crippen LogP contribution in [0, 0.1) is 11.3 Å². The predicted molar refractivity (Wildman–Crippen MR) is 143 cm³/mol. The van der Waals surface area contributed by atoms with Crippen molar-refractivity contribution in [3.8, 4) is 16.6 Å². The molecule has 3 aromatic rings. The van der Waals surface area contributed by atoms with Gasteiger partial charge in [0.05, 0.1) is 30.0 Å². The number of nitriles is 1. The number of carbonyl (C=O) groups is 2. The van der Waals surface area contributed by atoms with E-state index in [0.29, 0.717) is 16.1 Å². The van der Waals surface area contributed by atoms with Gasteiger partial charge in [-0.2, -0.15) is 18.4 Å². The molecule has 2 unspecified atom stereocenters. The van der Waals surface area contributed by atoms with Gasteiger partial charge in [0.2, 0.25) is 5.91 Å². The second-order valence-corrected chi connectivity index (χ2v) is 11.1. The van der Waals surface area contributed by atoms with Gasteiger partial charge in [-0.3, -0.25) is 9.59 Å². The topological polar surface area (TPSA) is 148 Å². The number of nitrogens with one attached hydrogen (secondary N) is 2. The van der Waals surface area contributed by atoms with E-state index in [1.807, 2.05) is 6.07 Å². The lowest BCUT2D eigenvalue weighted by molar-refractivity contribution is -0.136. The Morgan fingerprint density at radius 1 is 1.15 bits per heavy atom. The second kappa shape index (κ2) is 14.3. The molecular formula is C26H28F3N5O4S2. The summed E-state index contributed by atoms with van der Waals surface area (Å²) in [7, 11) is 0. The summed E-state index contributed by atoms with van der Waals surface area (Å²) in [5.74, 6) is -1.33. The lowest BCUT2D eigenvalue weighted by Gasteiger charge is -2.26. The van der Waals surface area contributed by atoms with Gasteiger partial charge < -0.3 is 20.8 Å². The molecule has 4 N–H and O–H groups in total. The summed E-state index contributed by atoms with van der Waals surface area (Å²) in [6, 6.07) is 6.50. The van der Waals surface area contributed by atoms with Crippen molar-refractivity contribution in [2.45, 2.75) is 69.5 Å². The number of thiazole rings is 2. The first-order chi connectivity index (χ1) is 19.0. The van der Waals surface area contributed by atoms with Crippen molar-refractivity contribution < 1.29 is 33.0 Å². The molecule has 0 spiro atoms. The molecule has 1 aromatic carbocycles. The molecule has 214 valence electrons. The zero-order chi connectivity index (χ0) is 29.3. The summed E-state index contributed by atoms with van der Waals surface area (Å²) in [6.45, 7) is 1.52. The quantitative estimate of drug-likeness (QED) is 0.230. The summed E-state index contributed by atoms with van der Waals surface area (Å²) in [5.41, 5.74) is 1.07. The molecule has 0 aliphatic rings. The largest absolute Gasteiger partial charge is 0.393 e. The lowest BCUT2D eigenvalue weighted by atomic mass is 10.0. The van der Waals surface area contributed by atoms with Gasteiger partial charge in [0.15, 0.2) is 0 Å². The van der Waals surface area contributed by atoms with E-state index in [2.05, 4.69) is 20.6 Å². The minimum atomic E-state index is -4.39. The summed E-state index contributed by atoms with van der Waals surface area (Å²) >= 11 is 2.15. The number of hydrogen-bond acceptors (Lipinski definition) is 9. The van der Waals surface area contributed by atoms with Crippen molar-refractivity contribution in [2.75, 3.05) is 0 Å². The third-order valence-electron chi connectivity index (χ3n) is 5.85. The standard InChI is InChI=1S/C26H28F3N5O4S2/c1-15(35)7-8-19(34-23(38)20-14-32-24(40-20)17-5-2-4-16(12-17)13-30)22(37)33-18(6-3-9-26(27,28)29)21(36)25-31-10-11-39-25/h2,4-5,10-12,14-15,18-19,21,35-36H,3,6-9H2,1H3,(H,33,37)(H,34,38)/t15?,18-,19-,21?/m0/s1. The van der Waals surface area contributed by atoms with E-state index in [1.54, 1.807) is 29.6 Å². The van der Waals surface area contributed by atoms with Crippen LogP contribution < -0.4 is 10.6 Å². The third kappa shape index (κ3) is 9.37. The van der Waals surface area contributed by atoms with E-state index in [9.17, 15) is 33.0 Å². The monoisotopic (exact) mass is 595 g/mol. The molecule has 2 aromatic heterocycles. The number of aromatic nitrogens is 2. The highest BCUT2D eigenvalue weighted by Gasteiger charge is 2.32. The van der Waals surface area contributed by atoms with Crippen LogP contribution in [0.1, 0.15) is 65.4 Å². The Labute approximate surface area is 236 Å². The number of nitrogens with zero attached hydrogens (tertiary/aromatic N) is 3. The van der Waals surface area contributed by atoms with Crippen LogP contribution >= 0.6 is 22.7 Å². The molecule has 0 bridgehead atoms. The van der Waals surface area contributed by atoms with Crippen molar-refractivity contribution >= 4 is 34.5 Å². The number of aliphatic hydroxyl groups excluding tert-OH is 2. The minimum Gasteiger partial charge on any atom is -0.393 e. The fourth-order valence-corrected chi connectivity index (χ4v) is 5.31. The number of rotatable bonds is 13. The number of hydrogen-bond donors (Lipinski definition) is 4. The van der Waals surface area contributed by atoms with Gasteiger partial charge in [0.1, 0.15) is 27.0 Å². The van der Waals surface area contributed by atoms with Crippen LogP contribution in [0.5, 0.6) is 0 Å². The third-order valence-corrected chi connectivity index (χ3v) is 7.74. The van der Waals surface area contributed by atoms with Gasteiger partial charge in [0, 0.05) is 23.6 Å². The van der Waals surface area contributed by atoms with Crippen LogP contribution in [0.25, 0.3) is 10.6 Å². The summed E-state index contributed by atoms with van der Waals surface area (Å²) in [4.78, 5) is 34.7. The Bertz CT molecular complexity index is 1310. The smallest absolute Gasteiger partial charge is 0.389 e. The average Bonchev–Trinajstić information content (AvgIpc) is 3.62. The summed E-state index contributed by atoms with van der Waals surface area (Å²) in [6.07, 6.45) is -5.16. The Kier molecular flexibility index (Phi) is 11.1. The number of amides is 2. The van der Waals surface area contributed by atoms with Gasteiger partial charge in [0.25, 0.3) is 5.91 Å². The van der Waals surface area contributed by atoms with E-state index < -0.39 is 48.7 Å². The van der Waals surface area contributed by atoms with E-state index in [-0.39, 0.29) is 35.6 Å². The fraction of sp³-hybridized carbons (Fsp3) is 0.423. The zero-order valence-corrected chi connectivity index (χ0v) is 23.0. The summed E-state index contributed by atoms with van der Waals surface area (Å²) < 4.78 is 38.3. The Balaban J connectivity index is 1.75. The Morgan fingerprint density at radius 2 is 1.93 bits per heavy atom. The van der Waals surface area contributed by atoms with E-state index >= 15 is 0 Å². The number of halogens is 3. The maximum absolute atomic E-state index is 13.3. The van der Waals surface area contributed by atoms with Gasteiger partial charge in [-0.05, 0) is 44.7 Å². The first kappa shape index (κ1) is 31.2. The van der Waals surface area contributed by atoms with Gasteiger partial charge >= 0.3 is 6.18 Å². The normalized spacial score (nSPS) is 14.5. The number of benzene rings is 1. The highest BCUT2D eigenvalue weighted by molar-refractivity contribution is 7.16. The molecule has 4 atom stereocenters. The van der Waals surface area contributed by atoms with Crippen molar-refractivity contribution in [1.29, 1.82) is 5.26 Å². The van der Waals surface area contributed by atoms with Gasteiger partial charge in [-0.25, -0.2) is 9.97 Å². The number of carbonyl (C=O) groups excluding carboxylic acids is 2. The van der Waals surface area contributed by atoms with Crippen molar-refractivity contribution in [3.05, 3.63) is 57.5 Å². The first-order valence-corrected chi connectivity index (χ1v) is 14.1. The molecule has 0 saturated carbocycles. The molecule has 0 aliphatic heterocycles. The molecule has 0 radical (unpaired) electrons. The molecule has 2 amide bonds. The van der Waals surface area contributed by atoms with Crippen molar-refractivity contribution in [3.63, 3.8) is 0 Å². The highest BCUT2D eigenvalue weighted by atomic mass is 32.1. The highest BCUT2D eigenvalue weighted by Crippen LogP contribution is 2.28. The van der Waals surface area contributed by atoms with Crippen molar-refractivity contribution in [2.24, 2.45) is 0 Å². The molecule has 40 heavy (non-hydrogen) atoms. The lowest BCUT2D eigenvalue weighted by Crippen LogP contribution is -2.51. The molecule has 3 rings (SSSR count). The molecule has 2 heterocycles. The molecular weight excluding hydrogens is 567 g/mol. The zero-order valence-electron chi connectivity index (χ0n) is 21.4. The molecule has 9 nitrogen and oxygen atoms in total. The average molecular weight is 596 g/mol. The predicted octanol–water partition coefficient (Wildman–Crippen LogP) is 4.35. The van der Waals surface area contributed by atoms with Crippen LogP contribution in [0.3, 0.4) is 0 Å². The van der Waals surface area contributed by atoms with Crippen molar-refractivity contribution in [1.82, 2.24) is 20.6 Å². The van der Waals surface area contributed by atoms with E-state index in [0.717, 1.165) is 22.7 Å². The Morgan fingerprint density at radius 3 is 2.58 bits per heavy atom. The van der Waals surface area contributed by atoms with E-state index in [4.69, 9.17) is 5.26 Å². The SMILES string of the molecule is CC(O)CC[C@H](NC(=O)c1cnc(-c2cccc(C#N)c2)s1)C(=O)N[C@@H](CCCC(F)(F)F)C(O)c1nccs1. The van der Waals surface area contributed by atoms with E-state index in [1.165, 1.54) is 19.3 Å². The van der Waals surface area contributed by atoms with Crippen LogP contribution in [0.15, 0.2) is 42.0 Å². The number of alkyl halides is 3. The van der Waals surface area contributed by atoms with Crippen LogP contribution in [0.2, 0.25) is 0 Å². The second-order valence-electron chi connectivity index (χ2n) is 9.11. The Hall–Kier alpha value is -3.38. The van der Waals surface area contributed by atoms with Gasteiger partial charge in [-0.15, -0.1) is 22.7 Å². The first-order valence-electron chi connectivity index (χ1n) is 12.4. The maximum atomic E-state index is 13.3. The van der Waals surface area contributed by atoms with Gasteiger partial charge in [-0.1, -0.05) is 12.1 Å². The molecule has 0 aliphatic carbocycles. The van der Waals surface area contributed by atoms with Crippen LogP contribution in [0.4, 0.5) is 13.2 Å². The molecule has 0 saturated heterocycles. The fourth-order valence-electron chi connectivity index (χ4n) is 3.81. The number of aliphatic hydroxyl groups is 2. The minimum absolute atomic E-state index is 0.0355. The molecule has 14 heteroatoms. The van der Waals surface area contributed by atoms with Crippen LogP contribution in [-0.2, 0) is 4.79 Å². The maximum Gasteiger partial charge on any atom is 0.389 e. The molecule has 0 fully saturated rings.